The van der Waals surface area contributed by atoms with Crippen LogP contribution in [-0.4, -0.2) is 0 Å². The molecule has 0 saturated carbocycles. The number of anilines is 1. The van der Waals surface area contributed by atoms with Crippen LogP contribution < -0.4 is 5.73 Å². The molecule has 16 heavy (non-hydrogen) atoms. The van der Waals surface area contributed by atoms with Gasteiger partial charge in [0, 0.05) is 16.7 Å². The maximum atomic E-state index is 5.85. The zero-order valence-electron chi connectivity index (χ0n) is 9.46. The highest BCUT2D eigenvalue weighted by Crippen LogP contribution is 2.47. The van der Waals surface area contributed by atoms with Crippen molar-refractivity contribution < 1.29 is 0 Å². The van der Waals surface area contributed by atoms with Crippen LogP contribution in [0.5, 0.6) is 0 Å². The predicted octanol–water partition coefficient (Wildman–Crippen LogP) is 3.18. The molecule has 1 heteroatoms. The Labute approximate surface area is 95.9 Å². The van der Waals surface area contributed by atoms with E-state index in [9.17, 15) is 0 Å². The molecule has 78 valence electrons. The Morgan fingerprint density at radius 3 is 2.75 bits per heavy atom. The first-order chi connectivity index (χ1) is 7.60. The molecule has 2 aromatic carbocycles. The highest BCUT2D eigenvalue weighted by molar-refractivity contribution is 5.81. The van der Waals surface area contributed by atoms with E-state index in [-0.39, 0.29) is 5.41 Å². The molecule has 0 fully saturated rings. The zero-order chi connectivity index (χ0) is 11.3. The molecule has 0 atom stereocenters. The van der Waals surface area contributed by atoms with Crippen molar-refractivity contribution in [3.63, 3.8) is 0 Å². The molecular weight excluding hydrogens is 194 g/mol. The van der Waals surface area contributed by atoms with E-state index in [0.717, 1.165) is 11.3 Å². The molecule has 0 saturated heterocycles. The standard InChI is InChI=1S/C15H13N/c1-15(2)13-6-4-3-5-11(13)12-9-10(16)7-8-14(12)15/h4,6-9H,16H2,1-2H3. The van der Waals surface area contributed by atoms with Gasteiger partial charge in [-0.2, -0.15) is 0 Å². The first kappa shape index (κ1) is 9.30. The molecular formula is C15H13N. The van der Waals surface area contributed by atoms with Crippen molar-refractivity contribution >= 4 is 5.69 Å². The first-order valence-corrected chi connectivity index (χ1v) is 5.44. The Morgan fingerprint density at radius 1 is 1.12 bits per heavy atom. The maximum Gasteiger partial charge on any atom is 0.0366 e. The number of nitrogen functional groups attached to an aromatic ring is 1. The predicted molar refractivity (Wildman–Crippen MR) is 66.1 cm³/mol. The van der Waals surface area contributed by atoms with Crippen molar-refractivity contribution in [2.45, 2.75) is 19.3 Å². The summed E-state index contributed by atoms with van der Waals surface area (Å²) in [6, 6.07) is 16.4. The lowest BCUT2D eigenvalue weighted by Crippen LogP contribution is -2.14. The summed E-state index contributed by atoms with van der Waals surface area (Å²) in [6.45, 7) is 4.48. The fraction of sp³-hybridized carbons (Fsp3) is 0.200. The van der Waals surface area contributed by atoms with Crippen LogP contribution in [0.2, 0.25) is 0 Å². The second-order valence-corrected chi connectivity index (χ2v) is 4.82. The molecule has 0 radical (unpaired) electrons. The maximum absolute atomic E-state index is 5.85. The Hall–Kier alpha value is -1.94. The quantitative estimate of drug-likeness (QED) is 0.660. The van der Waals surface area contributed by atoms with Crippen molar-refractivity contribution in [1.29, 1.82) is 0 Å². The van der Waals surface area contributed by atoms with Crippen LogP contribution in [0.15, 0.2) is 30.3 Å². The Kier molecular flexibility index (Phi) is 1.63. The Bertz CT molecular complexity index is 567. The van der Waals surface area contributed by atoms with Gasteiger partial charge in [-0.1, -0.05) is 32.0 Å². The molecule has 0 heterocycles. The summed E-state index contributed by atoms with van der Waals surface area (Å²) in [5, 5.41) is 0. The van der Waals surface area contributed by atoms with Crippen molar-refractivity contribution in [2.24, 2.45) is 0 Å². The molecule has 0 spiro atoms. The topological polar surface area (TPSA) is 26.0 Å². The van der Waals surface area contributed by atoms with Crippen molar-refractivity contribution in [3.05, 3.63) is 53.6 Å². The lowest BCUT2D eigenvalue weighted by molar-refractivity contribution is 0.660. The van der Waals surface area contributed by atoms with E-state index >= 15 is 0 Å². The van der Waals surface area contributed by atoms with Crippen LogP contribution in [0.25, 0.3) is 11.1 Å². The highest BCUT2D eigenvalue weighted by atomic mass is 14.5. The summed E-state index contributed by atoms with van der Waals surface area (Å²) in [4.78, 5) is 0. The third-order valence-electron chi connectivity index (χ3n) is 3.46. The minimum Gasteiger partial charge on any atom is -0.399 e. The summed E-state index contributed by atoms with van der Waals surface area (Å²) >= 11 is 0. The fourth-order valence-corrected chi connectivity index (χ4v) is 2.58. The van der Waals surface area contributed by atoms with Crippen molar-refractivity contribution in [3.8, 4) is 11.1 Å². The lowest BCUT2D eigenvalue weighted by atomic mass is 9.83. The molecule has 2 N–H and O–H groups in total. The van der Waals surface area contributed by atoms with Gasteiger partial charge >= 0.3 is 0 Å². The van der Waals surface area contributed by atoms with Gasteiger partial charge in [-0.3, -0.25) is 0 Å². The van der Waals surface area contributed by atoms with Gasteiger partial charge in [0.2, 0.25) is 0 Å². The lowest BCUT2D eigenvalue weighted by Gasteiger charge is -2.20. The molecule has 1 aliphatic carbocycles. The molecule has 0 aromatic heterocycles. The average molecular weight is 207 g/mol. The van der Waals surface area contributed by atoms with Gasteiger partial charge in [0.05, 0.1) is 0 Å². The second kappa shape index (κ2) is 2.80. The summed E-state index contributed by atoms with van der Waals surface area (Å²) in [5.74, 6) is 0. The third kappa shape index (κ3) is 1.02. The van der Waals surface area contributed by atoms with Crippen LogP contribution >= 0.6 is 0 Å². The second-order valence-electron chi connectivity index (χ2n) is 4.82. The summed E-state index contributed by atoms with van der Waals surface area (Å²) < 4.78 is 0. The van der Waals surface area contributed by atoms with Crippen molar-refractivity contribution in [2.75, 3.05) is 5.73 Å². The SMILES string of the molecule is CC1(C)c2ccc#cc2-c2cc(N)ccc21. The molecule has 0 amide bonds. The smallest absolute Gasteiger partial charge is 0.0366 e. The van der Waals surface area contributed by atoms with Gasteiger partial charge in [-0.15, -0.1) is 0 Å². The van der Waals surface area contributed by atoms with Crippen LogP contribution in [0, 0.1) is 12.1 Å². The number of nitrogens with two attached hydrogens (primary N) is 1. The van der Waals surface area contributed by atoms with Gasteiger partial charge < -0.3 is 5.73 Å². The zero-order valence-corrected chi connectivity index (χ0v) is 9.46. The molecule has 1 aliphatic rings. The van der Waals surface area contributed by atoms with Gasteiger partial charge in [0.25, 0.3) is 0 Å². The molecule has 0 unspecified atom stereocenters. The minimum atomic E-state index is 0.0456. The van der Waals surface area contributed by atoms with E-state index in [4.69, 9.17) is 5.73 Å². The molecule has 1 nitrogen and oxygen atoms in total. The monoisotopic (exact) mass is 207 g/mol. The van der Waals surface area contributed by atoms with Crippen LogP contribution in [0.3, 0.4) is 0 Å². The highest BCUT2D eigenvalue weighted by Gasteiger charge is 2.35. The summed E-state index contributed by atoms with van der Waals surface area (Å²) in [5.41, 5.74) is 11.7. The van der Waals surface area contributed by atoms with Crippen LogP contribution in [0.1, 0.15) is 25.0 Å². The number of fused-ring (bicyclic) bond motifs is 3. The fourth-order valence-electron chi connectivity index (χ4n) is 2.58. The molecule has 3 rings (SSSR count). The van der Waals surface area contributed by atoms with Gasteiger partial charge in [0.15, 0.2) is 0 Å². The molecule has 0 aliphatic heterocycles. The van der Waals surface area contributed by atoms with E-state index in [1.165, 1.54) is 16.7 Å². The summed E-state index contributed by atoms with van der Waals surface area (Å²) in [7, 11) is 0. The largest absolute Gasteiger partial charge is 0.399 e. The van der Waals surface area contributed by atoms with Gasteiger partial charge in [-0.25, -0.2) is 0 Å². The molecule has 0 bridgehead atoms. The van der Waals surface area contributed by atoms with Crippen LogP contribution in [0.4, 0.5) is 5.69 Å². The van der Waals surface area contributed by atoms with Crippen LogP contribution in [-0.2, 0) is 5.41 Å². The minimum absolute atomic E-state index is 0.0456. The van der Waals surface area contributed by atoms with Gasteiger partial charge in [-0.05, 0) is 41.0 Å². The van der Waals surface area contributed by atoms with E-state index in [2.05, 4.69) is 38.1 Å². The van der Waals surface area contributed by atoms with E-state index in [1.807, 2.05) is 18.2 Å². The van der Waals surface area contributed by atoms with Crippen molar-refractivity contribution in [1.82, 2.24) is 0 Å². The number of hydrogen-bond donors (Lipinski definition) is 1. The normalized spacial score (nSPS) is 15.1. The third-order valence-corrected chi connectivity index (χ3v) is 3.46. The Morgan fingerprint density at radius 2 is 1.94 bits per heavy atom. The molecule has 2 aromatic rings. The number of benzene rings is 1. The Balaban J connectivity index is 2.40. The number of hydrogen-bond acceptors (Lipinski definition) is 1. The first-order valence-electron chi connectivity index (χ1n) is 5.44. The van der Waals surface area contributed by atoms with E-state index in [0.29, 0.717) is 0 Å². The van der Waals surface area contributed by atoms with E-state index < -0.39 is 0 Å². The average Bonchev–Trinajstić information content (AvgIpc) is 2.49. The number of rotatable bonds is 0. The van der Waals surface area contributed by atoms with Gasteiger partial charge in [0.1, 0.15) is 0 Å². The summed E-state index contributed by atoms with van der Waals surface area (Å²) in [6.07, 6.45) is 0. The van der Waals surface area contributed by atoms with E-state index in [1.54, 1.807) is 0 Å².